The van der Waals surface area contributed by atoms with Crippen LogP contribution in [0.25, 0.3) is 0 Å². The number of likely N-dealkylation sites (N-methyl/N-ethyl adjacent to an activating group) is 1. The number of fused-ring (bicyclic) bond motifs is 1. The first-order valence-corrected chi connectivity index (χ1v) is 10.8. The zero-order valence-corrected chi connectivity index (χ0v) is 18.0. The Kier molecular flexibility index (Phi) is 6.40. The van der Waals surface area contributed by atoms with Crippen molar-refractivity contribution >= 4 is 28.8 Å². The summed E-state index contributed by atoms with van der Waals surface area (Å²) in [5.74, 6) is 2.20. The molecule has 2 heterocycles. The summed E-state index contributed by atoms with van der Waals surface area (Å²) in [4.78, 5) is 18.8. The Hall–Kier alpha value is -2.77. The smallest absolute Gasteiger partial charge is 0.228 e. The minimum absolute atomic E-state index is 0.000332. The molecule has 0 saturated carbocycles. The Labute approximate surface area is 184 Å². The van der Waals surface area contributed by atoms with Crippen molar-refractivity contribution in [1.29, 1.82) is 0 Å². The van der Waals surface area contributed by atoms with E-state index >= 15 is 0 Å². The number of rotatable bonds is 7. The fourth-order valence-electron chi connectivity index (χ4n) is 3.01. The van der Waals surface area contributed by atoms with Crippen molar-refractivity contribution in [2.75, 3.05) is 20.3 Å². The van der Waals surface area contributed by atoms with Crippen LogP contribution in [0.2, 0.25) is 5.02 Å². The molecule has 0 fully saturated rings. The molecule has 156 valence electrons. The van der Waals surface area contributed by atoms with Crippen LogP contribution in [-0.2, 0) is 24.4 Å². The molecule has 0 saturated heterocycles. The van der Waals surface area contributed by atoms with Crippen LogP contribution in [0.15, 0.2) is 47.8 Å². The number of benzene rings is 2. The van der Waals surface area contributed by atoms with E-state index in [0.29, 0.717) is 31.4 Å². The van der Waals surface area contributed by atoms with Gasteiger partial charge in [0.2, 0.25) is 5.91 Å². The molecule has 1 aromatic heterocycles. The highest BCUT2D eigenvalue weighted by Gasteiger charge is 2.16. The number of ether oxygens (including phenoxy) is 3. The van der Waals surface area contributed by atoms with Gasteiger partial charge in [0.05, 0.1) is 12.1 Å². The number of thiazole rings is 1. The van der Waals surface area contributed by atoms with Gasteiger partial charge in [0.15, 0.2) is 11.5 Å². The fourth-order valence-corrected chi connectivity index (χ4v) is 3.84. The van der Waals surface area contributed by atoms with Crippen LogP contribution in [0.3, 0.4) is 0 Å². The minimum atomic E-state index is 0.000332. The van der Waals surface area contributed by atoms with E-state index in [4.69, 9.17) is 25.8 Å². The van der Waals surface area contributed by atoms with Crippen LogP contribution in [0.1, 0.15) is 16.3 Å². The standard InChI is InChI=1S/C22H21ClN2O4S/c1-25(12-15-2-7-19-20(10-15)28-9-8-27-19)22(26)11-17-14-30-21(24-17)13-29-18-5-3-16(23)4-6-18/h2-7,10,14H,8-9,11-13H2,1H3. The third-order valence-corrected chi connectivity index (χ3v) is 5.68. The number of amides is 1. The summed E-state index contributed by atoms with van der Waals surface area (Å²) in [5.41, 5.74) is 1.74. The second-order valence-electron chi connectivity index (χ2n) is 6.88. The average molecular weight is 445 g/mol. The lowest BCUT2D eigenvalue weighted by atomic mass is 10.1. The number of nitrogens with zero attached hydrogens (tertiary/aromatic N) is 2. The Morgan fingerprint density at radius 3 is 2.73 bits per heavy atom. The second kappa shape index (κ2) is 9.36. The third kappa shape index (κ3) is 5.23. The number of aromatic nitrogens is 1. The molecule has 30 heavy (non-hydrogen) atoms. The van der Waals surface area contributed by atoms with Gasteiger partial charge in [0.1, 0.15) is 30.6 Å². The molecule has 3 aromatic rings. The van der Waals surface area contributed by atoms with Gasteiger partial charge in [-0.2, -0.15) is 0 Å². The molecular weight excluding hydrogens is 424 g/mol. The first-order valence-electron chi connectivity index (χ1n) is 9.51. The Balaban J connectivity index is 1.29. The van der Waals surface area contributed by atoms with Crippen molar-refractivity contribution in [2.24, 2.45) is 0 Å². The molecule has 0 aliphatic carbocycles. The van der Waals surface area contributed by atoms with Crippen molar-refractivity contribution < 1.29 is 19.0 Å². The molecule has 0 atom stereocenters. The van der Waals surface area contributed by atoms with Crippen molar-refractivity contribution in [1.82, 2.24) is 9.88 Å². The monoisotopic (exact) mass is 444 g/mol. The van der Waals surface area contributed by atoms with Gasteiger partial charge in [0, 0.05) is 24.0 Å². The van der Waals surface area contributed by atoms with E-state index in [0.717, 1.165) is 33.5 Å². The quantitative estimate of drug-likeness (QED) is 0.542. The highest BCUT2D eigenvalue weighted by molar-refractivity contribution is 7.09. The summed E-state index contributed by atoms with van der Waals surface area (Å²) in [7, 11) is 1.79. The first kappa shape index (κ1) is 20.5. The average Bonchev–Trinajstić information content (AvgIpc) is 3.20. The van der Waals surface area contributed by atoms with Crippen LogP contribution >= 0.6 is 22.9 Å². The highest BCUT2D eigenvalue weighted by atomic mass is 35.5. The zero-order valence-electron chi connectivity index (χ0n) is 16.5. The highest BCUT2D eigenvalue weighted by Crippen LogP contribution is 2.31. The van der Waals surface area contributed by atoms with Crippen LogP contribution in [0, 0.1) is 0 Å². The lowest BCUT2D eigenvalue weighted by Gasteiger charge is -2.21. The van der Waals surface area contributed by atoms with E-state index in [-0.39, 0.29) is 12.3 Å². The fraction of sp³-hybridized carbons (Fsp3) is 0.273. The summed E-state index contributed by atoms with van der Waals surface area (Å²) in [6.45, 7) is 1.95. The summed E-state index contributed by atoms with van der Waals surface area (Å²) in [6.07, 6.45) is 0.249. The van der Waals surface area contributed by atoms with Crippen molar-refractivity contribution in [2.45, 2.75) is 19.6 Å². The summed E-state index contributed by atoms with van der Waals surface area (Å²) < 4.78 is 16.9. The van der Waals surface area contributed by atoms with Gasteiger partial charge in [-0.05, 0) is 42.0 Å². The summed E-state index contributed by atoms with van der Waals surface area (Å²) >= 11 is 7.36. The summed E-state index contributed by atoms with van der Waals surface area (Å²) in [5, 5.41) is 3.39. The number of hydrogen-bond donors (Lipinski definition) is 0. The van der Waals surface area contributed by atoms with E-state index in [9.17, 15) is 4.79 Å². The molecule has 8 heteroatoms. The van der Waals surface area contributed by atoms with Crippen LogP contribution < -0.4 is 14.2 Å². The third-order valence-electron chi connectivity index (χ3n) is 4.56. The van der Waals surface area contributed by atoms with Gasteiger partial charge in [0.25, 0.3) is 0 Å². The molecular formula is C22H21ClN2O4S. The number of carbonyl (C=O) groups excluding carboxylic acids is 1. The minimum Gasteiger partial charge on any atom is -0.486 e. The maximum atomic E-state index is 12.6. The Bertz CT molecular complexity index is 1020. The van der Waals surface area contributed by atoms with E-state index in [1.54, 1.807) is 24.1 Å². The second-order valence-corrected chi connectivity index (χ2v) is 8.26. The molecule has 0 N–H and O–H groups in total. The van der Waals surface area contributed by atoms with Gasteiger partial charge in [-0.25, -0.2) is 4.98 Å². The molecule has 1 aliphatic heterocycles. The molecule has 0 bridgehead atoms. The Morgan fingerprint density at radius 2 is 1.93 bits per heavy atom. The molecule has 0 spiro atoms. The normalized spacial score (nSPS) is 12.5. The molecule has 1 aliphatic rings. The van der Waals surface area contributed by atoms with Gasteiger partial charge < -0.3 is 19.1 Å². The van der Waals surface area contributed by atoms with E-state index in [1.165, 1.54) is 11.3 Å². The lowest BCUT2D eigenvalue weighted by molar-refractivity contribution is -0.129. The maximum absolute atomic E-state index is 12.6. The van der Waals surface area contributed by atoms with Crippen LogP contribution in [0.5, 0.6) is 17.2 Å². The molecule has 4 rings (SSSR count). The SMILES string of the molecule is CN(Cc1ccc2c(c1)OCCO2)C(=O)Cc1csc(COc2ccc(Cl)cc2)n1. The Morgan fingerprint density at radius 1 is 1.17 bits per heavy atom. The molecule has 2 aromatic carbocycles. The maximum Gasteiger partial charge on any atom is 0.228 e. The van der Waals surface area contributed by atoms with E-state index in [2.05, 4.69) is 4.98 Å². The number of halogens is 1. The molecule has 0 radical (unpaired) electrons. The van der Waals surface area contributed by atoms with Gasteiger partial charge in [-0.15, -0.1) is 11.3 Å². The largest absolute Gasteiger partial charge is 0.486 e. The number of hydrogen-bond acceptors (Lipinski definition) is 6. The molecule has 6 nitrogen and oxygen atoms in total. The van der Waals surface area contributed by atoms with E-state index in [1.807, 2.05) is 35.7 Å². The van der Waals surface area contributed by atoms with Crippen molar-refractivity contribution in [3.63, 3.8) is 0 Å². The van der Waals surface area contributed by atoms with Crippen molar-refractivity contribution in [3.05, 3.63) is 69.1 Å². The van der Waals surface area contributed by atoms with Gasteiger partial charge in [-0.3, -0.25) is 4.79 Å². The predicted molar refractivity (Wildman–Crippen MR) is 116 cm³/mol. The zero-order chi connectivity index (χ0) is 20.9. The first-order chi connectivity index (χ1) is 14.6. The summed E-state index contributed by atoms with van der Waals surface area (Å²) in [6, 6.07) is 12.9. The molecule has 1 amide bonds. The van der Waals surface area contributed by atoms with E-state index < -0.39 is 0 Å². The molecule has 0 unspecified atom stereocenters. The van der Waals surface area contributed by atoms with Crippen LogP contribution in [-0.4, -0.2) is 36.1 Å². The van der Waals surface area contributed by atoms with Gasteiger partial charge >= 0.3 is 0 Å². The van der Waals surface area contributed by atoms with Gasteiger partial charge in [-0.1, -0.05) is 17.7 Å². The lowest BCUT2D eigenvalue weighted by Crippen LogP contribution is -2.28. The number of carbonyl (C=O) groups is 1. The van der Waals surface area contributed by atoms with Crippen LogP contribution in [0.4, 0.5) is 0 Å². The predicted octanol–water partition coefficient (Wildman–Crippen LogP) is 4.35. The topological polar surface area (TPSA) is 60.9 Å². The van der Waals surface area contributed by atoms with Crippen molar-refractivity contribution in [3.8, 4) is 17.2 Å².